The van der Waals surface area contributed by atoms with Crippen molar-refractivity contribution >= 4 is 12.0 Å². The molecule has 3 N–H and O–H groups in total. The predicted octanol–water partition coefficient (Wildman–Crippen LogP) is 2.90. The van der Waals surface area contributed by atoms with Crippen LogP contribution in [-0.4, -0.2) is 29.2 Å². The van der Waals surface area contributed by atoms with Crippen LogP contribution in [0.15, 0.2) is 0 Å². The summed E-state index contributed by atoms with van der Waals surface area (Å²) in [7, 11) is 0. The lowest BCUT2D eigenvalue weighted by Gasteiger charge is -2.29. The van der Waals surface area contributed by atoms with Crippen molar-refractivity contribution in [2.45, 2.75) is 70.8 Å². The number of carboxylic acids is 1. The molecule has 1 atom stereocenters. The lowest BCUT2D eigenvalue weighted by molar-refractivity contribution is -0.145. The molecule has 0 aliphatic heterocycles. The van der Waals surface area contributed by atoms with E-state index in [0.29, 0.717) is 25.3 Å². The van der Waals surface area contributed by atoms with Gasteiger partial charge in [0.15, 0.2) is 0 Å². The van der Waals surface area contributed by atoms with E-state index in [1.165, 1.54) is 0 Å². The standard InChI is InChI=1S/C15H28N2O3/c1-3-8-12(2)11-16-14(20)17-15(13(18)19)9-6-4-5-7-10-15/h12H,3-11H2,1-2H3,(H,18,19)(H2,16,17,20). The highest BCUT2D eigenvalue weighted by Gasteiger charge is 2.40. The quantitative estimate of drug-likeness (QED) is 0.656. The Hall–Kier alpha value is -1.26. The molecule has 0 radical (unpaired) electrons. The lowest BCUT2D eigenvalue weighted by Crippen LogP contribution is -2.57. The average molecular weight is 284 g/mol. The molecule has 0 spiro atoms. The molecular weight excluding hydrogens is 256 g/mol. The van der Waals surface area contributed by atoms with Crippen molar-refractivity contribution in [3.8, 4) is 0 Å². The molecule has 0 aromatic carbocycles. The Morgan fingerprint density at radius 3 is 2.30 bits per heavy atom. The maximum Gasteiger partial charge on any atom is 0.329 e. The van der Waals surface area contributed by atoms with Crippen molar-refractivity contribution in [3.63, 3.8) is 0 Å². The van der Waals surface area contributed by atoms with E-state index in [-0.39, 0.29) is 6.03 Å². The Labute approximate surface area is 121 Å². The number of rotatable bonds is 6. The van der Waals surface area contributed by atoms with Crippen LogP contribution in [0.5, 0.6) is 0 Å². The van der Waals surface area contributed by atoms with Crippen LogP contribution in [0.4, 0.5) is 4.79 Å². The van der Waals surface area contributed by atoms with E-state index in [1.807, 2.05) is 0 Å². The summed E-state index contributed by atoms with van der Waals surface area (Å²) in [6.45, 7) is 4.79. The zero-order valence-corrected chi connectivity index (χ0v) is 12.7. The zero-order chi connectivity index (χ0) is 15.0. The fourth-order valence-corrected chi connectivity index (χ4v) is 2.85. The fraction of sp³-hybridized carbons (Fsp3) is 0.867. The van der Waals surface area contributed by atoms with Gasteiger partial charge in [-0.25, -0.2) is 9.59 Å². The van der Waals surface area contributed by atoms with Gasteiger partial charge in [0.2, 0.25) is 0 Å². The summed E-state index contributed by atoms with van der Waals surface area (Å²) in [5, 5.41) is 15.0. The number of carbonyl (C=O) groups is 2. The summed E-state index contributed by atoms with van der Waals surface area (Å²) < 4.78 is 0. The van der Waals surface area contributed by atoms with Crippen molar-refractivity contribution in [1.82, 2.24) is 10.6 Å². The molecule has 1 aliphatic rings. The number of nitrogens with one attached hydrogen (secondary N) is 2. The Balaban J connectivity index is 2.52. The molecule has 1 saturated carbocycles. The largest absolute Gasteiger partial charge is 0.480 e. The summed E-state index contributed by atoms with van der Waals surface area (Å²) in [6.07, 6.45) is 7.02. The second kappa shape index (κ2) is 8.12. The minimum absolute atomic E-state index is 0.350. The van der Waals surface area contributed by atoms with Crippen molar-refractivity contribution in [2.75, 3.05) is 6.54 Å². The SMILES string of the molecule is CCCC(C)CNC(=O)NC1(C(=O)O)CCCCCC1. The molecule has 5 heteroatoms. The highest BCUT2D eigenvalue weighted by Crippen LogP contribution is 2.27. The van der Waals surface area contributed by atoms with E-state index in [0.717, 1.165) is 38.5 Å². The van der Waals surface area contributed by atoms with Gasteiger partial charge in [0, 0.05) is 6.54 Å². The first-order valence-electron chi connectivity index (χ1n) is 7.79. The monoisotopic (exact) mass is 284 g/mol. The first kappa shape index (κ1) is 16.8. The predicted molar refractivity (Wildman–Crippen MR) is 78.7 cm³/mol. The topological polar surface area (TPSA) is 78.4 Å². The highest BCUT2D eigenvalue weighted by atomic mass is 16.4. The molecule has 0 bridgehead atoms. The van der Waals surface area contributed by atoms with Crippen LogP contribution in [0.25, 0.3) is 0 Å². The Kier molecular flexibility index (Phi) is 6.82. The number of amides is 2. The second-order valence-corrected chi connectivity index (χ2v) is 6.03. The number of hydrogen-bond donors (Lipinski definition) is 3. The molecule has 1 rings (SSSR count). The van der Waals surface area contributed by atoms with Crippen LogP contribution in [-0.2, 0) is 4.79 Å². The molecule has 5 nitrogen and oxygen atoms in total. The summed E-state index contributed by atoms with van der Waals surface area (Å²) in [5.41, 5.74) is -1.07. The Morgan fingerprint density at radius 1 is 1.20 bits per heavy atom. The smallest absolute Gasteiger partial charge is 0.329 e. The fourth-order valence-electron chi connectivity index (χ4n) is 2.85. The van der Waals surface area contributed by atoms with Crippen LogP contribution in [0.3, 0.4) is 0 Å². The van der Waals surface area contributed by atoms with E-state index in [2.05, 4.69) is 24.5 Å². The van der Waals surface area contributed by atoms with Gasteiger partial charge in [-0.15, -0.1) is 0 Å². The average Bonchev–Trinajstić information content (AvgIpc) is 2.63. The van der Waals surface area contributed by atoms with Gasteiger partial charge >= 0.3 is 12.0 Å². The minimum atomic E-state index is -1.07. The molecule has 1 aliphatic carbocycles. The lowest BCUT2D eigenvalue weighted by atomic mass is 9.90. The van der Waals surface area contributed by atoms with Gasteiger partial charge in [-0.2, -0.15) is 0 Å². The Bertz CT molecular complexity index is 323. The molecule has 116 valence electrons. The van der Waals surface area contributed by atoms with Crippen LogP contribution in [0.2, 0.25) is 0 Å². The van der Waals surface area contributed by atoms with E-state index in [9.17, 15) is 14.7 Å². The van der Waals surface area contributed by atoms with Crippen molar-refractivity contribution in [2.24, 2.45) is 5.92 Å². The number of hydrogen-bond acceptors (Lipinski definition) is 2. The first-order valence-corrected chi connectivity index (χ1v) is 7.79. The summed E-state index contributed by atoms with van der Waals surface area (Å²) in [4.78, 5) is 23.5. The summed E-state index contributed by atoms with van der Waals surface area (Å²) >= 11 is 0. The third-order valence-electron chi connectivity index (χ3n) is 4.11. The van der Waals surface area contributed by atoms with Gasteiger partial charge in [0.1, 0.15) is 5.54 Å². The van der Waals surface area contributed by atoms with Crippen molar-refractivity contribution in [1.29, 1.82) is 0 Å². The van der Waals surface area contributed by atoms with Gasteiger partial charge < -0.3 is 15.7 Å². The molecule has 2 amide bonds. The van der Waals surface area contributed by atoms with Crippen molar-refractivity contribution in [3.05, 3.63) is 0 Å². The number of urea groups is 1. The molecule has 1 fully saturated rings. The maximum atomic E-state index is 12.0. The van der Waals surface area contributed by atoms with Crippen LogP contribution >= 0.6 is 0 Å². The Morgan fingerprint density at radius 2 is 1.80 bits per heavy atom. The van der Waals surface area contributed by atoms with E-state index in [4.69, 9.17) is 0 Å². The van der Waals surface area contributed by atoms with Gasteiger partial charge in [0.25, 0.3) is 0 Å². The first-order chi connectivity index (χ1) is 9.50. The number of carbonyl (C=O) groups excluding carboxylic acids is 1. The third-order valence-corrected chi connectivity index (χ3v) is 4.11. The molecule has 0 heterocycles. The number of carboxylic acid groups (broad SMARTS) is 1. The summed E-state index contributed by atoms with van der Waals surface area (Å²) in [5.74, 6) is -0.489. The second-order valence-electron chi connectivity index (χ2n) is 6.03. The van der Waals surface area contributed by atoms with Crippen LogP contribution < -0.4 is 10.6 Å². The zero-order valence-electron chi connectivity index (χ0n) is 12.7. The number of aliphatic carboxylic acids is 1. The molecule has 0 saturated heterocycles. The normalized spacial score (nSPS) is 19.7. The van der Waals surface area contributed by atoms with Gasteiger partial charge in [-0.05, 0) is 25.2 Å². The van der Waals surface area contributed by atoms with E-state index in [1.54, 1.807) is 0 Å². The third kappa shape index (κ3) is 5.02. The van der Waals surface area contributed by atoms with E-state index < -0.39 is 11.5 Å². The minimum Gasteiger partial charge on any atom is -0.480 e. The van der Waals surface area contributed by atoms with E-state index >= 15 is 0 Å². The van der Waals surface area contributed by atoms with Crippen LogP contribution in [0.1, 0.15) is 65.2 Å². The van der Waals surface area contributed by atoms with Gasteiger partial charge in [0.05, 0.1) is 0 Å². The highest BCUT2D eigenvalue weighted by molar-refractivity contribution is 5.86. The van der Waals surface area contributed by atoms with Gasteiger partial charge in [-0.3, -0.25) is 0 Å². The van der Waals surface area contributed by atoms with Crippen molar-refractivity contribution < 1.29 is 14.7 Å². The molecule has 0 aromatic rings. The summed E-state index contributed by atoms with van der Waals surface area (Å²) in [6, 6.07) is -0.350. The maximum absolute atomic E-state index is 12.0. The molecule has 0 aromatic heterocycles. The van der Waals surface area contributed by atoms with Gasteiger partial charge in [-0.1, -0.05) is 46.0 Å². The molecular formula is C15H28N2O3. The molecule has 20 heavy (non-hydrogen) atoms. The van der Waals surface area contributed by atoms with Crippen LogP contribution in [0, 0.1) is 5.92 Å². The molecule has 1 unspecified atom stereocenters.